The Bertz CT molecular complexity index is 977. The number of aliphatic hydroxyl groups excluding tert-OH is 2. The summed E-state index contributed by atoms with van der Waals surface area (Å²) in [5.41, 5.74) is 6.65. The molecule has 1 aliphatic rings. The monoisotopic (exact) mass is 371 g/mol. The number of hydrogen-bond donors (Lipinski definition) is 3. The van der Waals surface area contributed by atoms with Crippen molar-refractivity contribution >= 4 is 23.1 Å². The highest BCUT2D eigenvalue weighted by molar-refractivity contribution is 5.92. The minimum Gasteiger partial charge on any atom is -0.401 e. The fourth-order valence-electron chi connectivity index (χ4n) is 2.96. The van der Waals surface area contributed by atoms with Gasteiger partial charge in [-0.05, 0) is 12.1 Å². The lowest BCUT2D eigenvalue weighted by Gasteiger charge is -2.13. The van der Waals surface area contributed by atoms with Crippen LogP contribution in [0.5, 0.6) is 5.88 Å². The summed E-state index contributed by atoms with van der Waals surface area (Å²) in [4.78, 5) is 24.6. The average molecular weight is 371 g/mol. The van der Waals surface area contributed by atoms with Gasteiger partial charge in [-0.2, -0.15) is 9.97 Å². The van der Waals surface area contributed by atoms with Gasteiger partial charge in [0.2, 0.25) is 5.95 Å². The highest BCUT2D eigenvalue weighted by atomic mass is 16.5. The maximum absolute atomic E-state index is 12.3. The minimum absolute atomic E-state index is 0.0673. The van der Waals surface area contributed by atoms with E-state index in [-0.39, 0.29) is 30.4 Å². The lowest BCUT2D eigenvalue weighted by molar-refractivity contribution is -0.0432. The van der Waals surface area contributed by atoms with Crippen molar-refractivity contribution in [2.24, 2.45) is 0 Å². The van der Waals surface area contributed by atoms with Gasteiger partial charge in [0, 0.05) is 6.42 Å². The Hall–Kier alpha value is -3.08. The normalized spacial score (nSPS) is 22.2. The predicted octanol–water partition coefficient (Wildman–Crippen LogP) is 0.268. The summed E-state index contributed by atoms with van der Waals surface area (Å²) in [5.74, 6) is -0.767. The van der Waals surface area contributed by atoms with E-state index in [0.717, 1.165) is 0 Å². The Kier molecular flexibility index (Phi) is 4.44. The molecule has 3 aromatic rings. The highest BCUT2D eigenvalue weighted by Gasteiger charge is 2.35. The van der Waals surface area contributed by atoms with Crippen LogP contribution in [0.2, 0.25) is 0 Å². The van der Waals surface area contributed by atoms with Gasteiger partial charge >= 0.3 is 5.97 Å². The van der Waals surface area contributed by atoms with E-state index in [0.29, 0.717) is 11.2 Å². The number of nitrogen functional groups attached to an aromatic ring is 1. The molecule has 1 aliphatic heterocycles. The Morgan fingerprint density at radius 2 is 2.11 bits per heavy atom. The number of nitrogens with two attached hydrogens (primary N) is 1. The molecule has 1 aromatic carbocycles. The van der Waals surface area contributed by atoms with E-state index in [2.05, 4.69) is 15.0 Å². The van der Waals surface area contributed by atoms with Crippen molar-refractivity contribution in [2.45, 2.75) is 24.9 Å². The number of fused-ring (bicyclic) bond motifs is 1. The van der Waals surface area contributed by atoms with Gasteiger partial charge in [-0.15, -0.1) is 0 Å². The summed E-state index contributed by atoms with van der Waals surface area (Å²) in [7, 11) is 0. The number of aliphatic hydroxyl groups is 2. The smallest absolute Gasteiger partial charge is 0.344 e. The average Bonchev–Trinajstić information content (AvgIpc) is 3.25. The number of carbonyl (C=O) groups is 1. The van der Waals surface area contributed by atoms with Gasteiger partial charge in [0.25, 0.3) is 5.88 Å². The highest BCUT2D eigenvalue weighted by Crippen LogP contribution is 2.32. The molecule has 0 bridgehead atoms. The van der Waals surface area contributed by atoms with Crippen molar-refractivity contribution < 1.29 is 24.5 Å². The van der Waals surface area contributed by atoms with E-state index in [4.69, 9.17) is 15.2 Å². The predicted molar refractivity (Wildman–Crippen MR) is 92.8 cm³/mol. The molecule has 0 unspecified atom stereocenters. The first kappa shape index (κ1) is 17.3. The van der Waals surface area contributed by atoms with E-state index >= 15 is 0 Å². The topological polar surface area (TPSA) is 146 Å². The first-order valence-electron chi connectivity index (χ1n) is 8.28. The maximum Gasteiger partial charge on any atom is 0.344 e. The number of nitrogens with zero attached hydrogens (tertiary/aromatic N) is 4. The molecule has 4 N–H and O–H groups in total. The van der Waals surface area contributed by atoms with Crippen molar-refractivity contribution in [1.82, 2.24) is 19.5 Å². The number of rotatable bonds is 4. The molecule has 10 nitrogen and oxygen atoms in total. The summed E-state index contributed by atoms with van der Waals surface area (Å²) >= 11 is 0. The first-order valence-corrected chi connectivity index (χ1v) is 8.28. The maximum atomic E-state index is 12.3. The largest absolute Gasteiger partial charge is 0.401 e. The van der Waals surface area contributed by atoms with Crippen molar-refractivity contribution in [3.8, 4) is 5.88 Å². The zero-order valence-electron chi connectivity index (χ0n) is 14.1. The van der Waals surface area contributed by atoms with Crippen LogP contribution in [0.4, 0.5) is 5.95 Å². The Labute approximate surface area is 153 Å². The second-order valence-electron chi connectivity index (χ2n) is 6.08. The molecular weight excluding hydrogens is 354 g/mol. The number of aromatic nitrogens is 4. The molecule has 0 radical (unpaired) electrons. The van der Waals surface area contributed by atoms with Crippen LogP contribution in [0, 0.1) is 0 Å². The Balaban J connectivity index is 1.68. The third-order valence-electron chi connectivity index (χ3n) is 4.30. The van der Waals surface area contributed by atoms with Crippen LogP contribution in [0.1, 0.15) is 23.0 Å². The summed E-state index contributed by atoms with van der Waals surface area (Å²) in [6.07, 6.45) is -0.404. The summed E-state index contributed by atoms with van der Waals surface area (Å²) in [5, 5.41) is 19.2. The van der Waals surface area contributed by atoms with E-state index in [9.17, 15) is 15.0 Å². The second-order valence-corrected chi connectivity index (χ2v) is 6.08. The molecule has 0 saturated carbocycles. The Morgan fingerprint density at radius 1 is 1.33 bits per heavy atom. The van der Waals surface area contributed by atoms with Gasteiger partial charge in [0.15, 0.2) is 11.2 Å². The number of ether oxygens (including phenoxy) is 2. The number of carbonyl (C=O) groups excluding carboxylic acids is 1. The molecule has 1 fully saturated rings. The van der Waals surface area contributed by atoms with Gasteiger partial charge in [-0.1, -0.05) is 18.2 Å². The lowest BCUT2D eigenvalue weighted by atomic mass is 10.2. The molecule has 0 aliphatic carbocycles. The second kappa shape index (κ2) is 6.91. The lowest BCUT2D eigenvalue weighted by Crippen LogP contribution is -2.24. The third-order valence-corrected chi connectivity index (χ3v) is 4.30. The van der Waals surface area contributed by atoms with Crippen LogP contribution in [0.3, 0.4) is 0 Å². The number of benzene rings is 1. The SMILES string of the molecule is Nc1nc(OC(=O)c2ccccc2)c2ncn([C@H]3C[C@H](O)[C@@H](CO)O3)c2n1. The molecule has 27 heavy (non-hydrogen) atoms. The quantitative estimate of drug-likeness (QED) is 0.550. The van der Waals surface area contributed by atoms with Gasteiger partial charge in [0.05, 0.1) is 24.6 Å². The molecule has 2 aromatic heterocycles. The molecule has 3 atom stereocenters. The van der Waals surface area contributed by atoms with Crippen LogP contribution in [0.15, 0.2) is 36.7 Å². The van der Waals surface area contributed by atoms with Crippen molar-refractivity contribution in [3.05, 3.63) is 42.2 Å². The van der Waals surface area contributed by atoms with Crippen LogP contribution in [0.25, 0.3) is 11.2 Å². The summed E-state index contributed by atoms with van der Waals surface area (Å²) in [6, 6.07) is 8.46. The standard InChI is InChI=1S/C17H17N5O5/c18-17-20-14-13(15(21-17)27-16(25)9-4-2-1-3-5-9)19-8-22(14)12-6-10(24)11(7-23)26-12/h1-5,8,10-12,23-24H,6-7H2,(H2,18,20,21)/t10-,11+,12+/m0/s1. The van der Waals surface area contributed by atoms with Crippen LogP contribution >= 0.6 is 0 Å². The Morgan fingerprint density at radius 3 is 2.81 bits per heavy atom. The zero-order chi connectivity index (χ0) is 19.0. The first-order chi connectivity index (χ1) is 13.1. The van der Waals surface area contributed by atoms with Gasteiger partial charge in [-0.25, -0.2) is 9.78 Å². The number of imidazole rings is 1. The van der Waals surface area contributed by atoms with E-state index < -0.39 is 24.4 Å². The minimum atomic E-state index is -0.813. The molecule has 4 rings (SSSR count). The fraction of sp³-hybridized carbons (Fsp3) is 0.294. The number of anilines is 1. The molecular formula is C17H17N5O5. The zero-order valence-corrected chi connectivity index (χ0v) is 14.1. The van der Waals surface area contributed by atoms with E-state index in [1.165, 1.54) is 6.33 Å². The van der Waals surface area contributed by atoms with Crippen LogP contribution in [-0.2, 0) is 4.74 Å². The number of hydrogen-bond acceptors (Lipinski definition) is 9. The molecule has 10 heteroatoms. The molecule has 3 heterocycles. The fourth-order valence-corrected chi connectivity index (χ4v) is 2.96. The molecule has 0 spiro atoms. The van der Waals surface area contributed by atoms with Crippen molar-refractivity contribution in [3.63, 3.8) is 0 Å². The van der Waals surface area contributed by atoms with Crippen LogP contribution in [-0.4, -0.2) is 54.5 Å². The van der Waals surface area contributed by atoms with E-state index in [1.54, 1.807) is 34.9 Å². The summed E-state index contributed by atoms with van der Waals surface area (Å²) < 4.78 is 12.5. The van der Waals surface area contributed by atoms with Gasteiger partial charge < -0.3 is 25.4 Å². The molecule has 1 saturated heterocycles. The molecule has 0 amide bonds. The summed E-state index contributed by atoms with van der Waals surface area (Å²) in [6.45, 7) is -0.304. The van der Waals surface area contributed by atoms with Gasteiger partial charge in [-0.3, -0.25) is 4.57 Å². The van der Waals surface area contributed by atoms with Crippen LogP contribution < -0.4 is 10.5 Å². The van der Waals surface area contributed by atoms with Crippen molar-refractivity contribution in [2.75, 3.05) is 12.3 Å². The molecule has 140 valence electrons. The van der Waals surface area contributed by atoms with Crippen molar-refractivity contribution in [1.29, 1.82) is 0 Å². The third kappa shape index (κ3) is 3.21. The van der Waals surface area contributed by atoms with Gasteiger partial charge in [0.1, 0.15) is 12.3 Å². The number of esters is 1. The van der Waals surface area contributed by atoms with E-state index in [1.807, 2.05) is 0 Å².